The van der Waals surface area contributed by atoms with Crippen LogP contribution in [0.4, 0.5) is 5.69 Å². The SMILES string of the molecule is CCC1(C)CCN(c2c(Cl)cccc2C=O)CC1. The fourth-order valence-electron chi connectivity index (χ4n) is 2.58. The van der Waals surface area contributed by atoms with E-state index in [4.69, 9.17) is 11.6 Å². The zero-order valence-corrected chi connectivity index (χ0v) is 11.8. The molecule has 0 bridgehead atoms. The number of hydrogen-bond donors (Lipinski definition) is 0. The van der Waals surface area contributed by atoms with Gasteiger partial charge in [-0.15, -0.1) is 0 Å². The molecule has 0 radical (unpaired) electrons. The molecule has 1 heterocycles. The minimum absolute atomic E-state index is 0.444. The molecule has 1 aromatic carbocycles. The lowest BCUT2D eigenvalue weighted by Crippen LogP contribution is -2.39. The highest BCUT2D eigenvalue weighted by atomic mass is 35.5. The number of nitrogens with zero attached hydrogens (tertiary/aromatic N) is 1. The summed E-state index contributed by atoms with van der Waals surface area (Å²) in [4.78, 5) is 13.4. The Balaban J connectivity index is 2.22. The number of carbonyl (C=O) groups is 1. The summed E-state index contributed by atoms with van der Waals surface area (Å²) in [6, 6.07) is 5.52. The second kappa shape index (κ2) is 5.31. The van der Waals surface area contributed by atoms with E-state index in [0.29, 0.717) is 16.0 Å². The van der Waals surface area contributed by atoms with Crippen molar-refractivity contribution in [3.05, 3.63) is 28.8 Å². The zero-order valence-electron chi connectivity index (χ0n) is 11.1. The van der Waals surface area contributed by atoms with Crippen molar-refractivity contribution in [2.75, 3.05) is 18.0 Å². The van der Waals surface area contributed by atoms with Gasteiger partial charge in [0, 0.05) is 18.7 Å². The molecule has 98 valence electrons. The van der Waals surface area contributed by atoms with Crippen molar-refractivity contribution in [2.45, 2.75) is 33.1 Å². The molecule has 0 spiro atoms. The van der Waals surface area contributed by atoms with Gasteiger partial charge in [0.1, 0.15) is 0 Å². The standard InChI is InChI=1S/C15H20ClNO/c1-3-15(2)7-9-17(10-8-15)14-12(11-18)5-4-6-13(14)16/h4-6,11H,3,7-10H2,1-2H3. The van der Waals surface area contributed by atoms with Crippen molar-refractivity contribution in [1.82, 2.24) is 0 Å². The Morgan fingerprint density at radius 2 is 2.06 bits per heavy atom. The van der Waals surface area contributed by atoms with Crippen molar-refractivity contribution in [2.24, 2.45) is 5.41 Å². The molecule has 18 heavy (non-hydrogen) atoms. The number of anilines is 1. The number of para-hydroxylation sites is 1. The largest absolute Gasteiger partial charge is 0.370 e. The van der Waals surface area contributed by atoms with E-state index in [1.807, 2.05) is 18.2 Å². The van der Waals surface area contributed by atoms with Gasteiger partial charge in [0.05, 0.1) is 10.7 Å². The Kier molecular flexibility index (Phi) is 3.96. The van der Waals surface area contributed by atoms with Gasteiger partial charge in [-0.2, -0.15) is 0 Å². The molecule has 1 aliphatic heterocycles. The molecule has 0 aliphatic carbocycles. The van der Waals surface area contributed by atoms with Crippen LogP contribution in [0.25, 0.3) is 0 Å². The molecule has 0 amide bonds. The monoisotopic (exact) mass is 265 g/mol. The fraction of sp³-hybridized carbons (Fsp3) is 0.533. The third-order valence-corrected chi connectivity index (χ3v) is 4.59. The van der Waals surface area contributed by atoms with Crippen LogP contribution in [-0.2, 0) is 0 Å². The molecule has 0 unspecified atom stereocenters. The average molecular weight is 266 g/mol. The Hall–Kier alpha value is -1.02. The topological polar surface area (TPSA) is 20.3 Å². The van der Waals surface area contributed by atoms with Crippen LogP contribution in [0.3, 0.4) is 0 Å². The highest BCUT2D eigenvalue weighted by Gasteiger charge is 2.29. The van der Waals surface area contributed by atoms with E-state index >= 15 is 0 Å². The van der Waals surface area contributed by atoms with Crippen molar-refractivity contribution < 1.29 is 4.79 Å². The van der Waals surface area contributed by atoms with Gasteiger partial charge in [-0.1, -0.05) is 37.9 Å². The first-order valence-corrected chi connectivity index (χ1v) is 6.96. The summed E-state index contributed by atoms with van der Waals surface area (Å²) in [5.74, 6) is 0. The Labute approximate surface area is 114 Å². The maximum absolute atomic E-state index is 11.1. The lowest BCUT2D eigenvalue weighted by Gasteiger charge is -2.40. The Bertz CT molecular complexity index is 436. The summed E-state index contributed by atoms with van der Waals surface area (Å²) in [7, 11) is 0. The number of carbonyl (C=O) groups excluding carboxylic acids is 1. The van der Waals surface area contributed by atoms with Crippen LogP contribution < -0.4 is 4.90 Å². The maximum Gasteiger partial charge on any atom is 0.152 e. The predicted octanol–water partition coefficient (Wildman–Crippen LogP) is 4.17. The van der Waals surface area contributed by atoms with Gasteiger partial charge in [0.15, 0.2) is 6.29 Å². The minimum atomic E-state index is 0.444. The number of piperidine rings is 1. The van der Waals surface area contributed by atoms with E-state index in [-0.39, 0.29) is 0 Å². The number of halogens is 1. The molecule has 0 aromatic heterocycles. The van der Waals surface area contributed by atoms with Gasteiger partial charge in [-0.25, -0.2) is 0 Å². The van der Waals surface area contributed by atoms with Gasteiger partial charge >= 0.3 is 0 Å². The maximum atomic E-state index is 11.1. The minimum Gasteiger partial charge on any atom is -0.370 e. The van der Waals surface area contributed by atoms with Gasteiger partial charge in [0.25, 0.3) is 0 Å². The van der Waals surface area contributed by atoms with Crippen LogP contribution in [-0.4, -0.2) is 19.4 Å². The third-order valence-electron chi connectivity index (χ3n) is 4.29. The predicted molar refractivity (Wildman–Crippen MR) is 76.7 cm³/mol. The summed E-state index contributed by atoms with van der Waals surface area (Å²) in [6.07, 6.45) is 4.43. The van der Waals surface area contributed by atoms with Crippen LogP contribution in [0.15, 0.2) is 18.2 Å². The van der Waals surface area contributed by atoms with Crippen LogP contribution >= 0.6 is 11.6 Å². The second-order valence-electron chi connectivity index (χ2n) is 5.45. The Morgan fingerprint density at radius 1 is 1.39 bits per heavy atom. The highest BCUT2D eigenvalue weighted by molar-refractivity contribution is 6.33. The Morgan fingerprint density at radius 3 is 2.61 bits per heavy atom. The summed E-state index contributed by atoms with van der Waals surface area (Å²) >= 11 is 6.25. The van der Waals surface area contributed by atoms with Crippen LogP contribution in [0.5, 0.6) is 0 Å². The molecule has 1 aromatic rings. The second-order valence-corrected chi connectivity index (χ2v) is 5.85. The lowest BCUT2D eigenvalue weighted by atomic mass is 9.78. The number of benzene rings is 1. The summed E-state index contributed by atoms with van der Waals surface area (Å²) in [5.41, 5.74) is 2.05. The van der Waals surface area contributed by atoms with Crippen LogP contribution in [0.1, 0.15) is 43.5 Å². The zero-order chi connectivity index (χ0) is 13.2. The van der Waals surface area contributed by atoms with E-state index in [0.717, 1.165) is 37.9 Å². The normalized spacial score (nSPS) is 18.7. The van der Waals surface area contributed by atoms with Gasteiger partial charge < -0.3 is 4.90 Å². The summed E-state index contributed by atoms with van der Waals surface area (Å²) in [6.45, 7) is 6.56. The molecule has 1 saturated heterocycles. The molecule has 0 N–H and O–H groups in total. The molecule has 2 nitrogen and oxygen atoms in total. The van der Waals surface area contributed by atoms with E-state index in [1.165, 1.54) is 6.42 Å². The molecule has 3 heteroatoms. The van der Waals surface area contributed by atoms with Crippen molar-refractivity contribution >= 4 is 23.6 Å². The third kappa shape index (κ3) is 2.54. The van der Waals surface area contributed by atoms with Crippen molar-refractivity contribution in [3.8, 4) is 0 Å². The summed E-state index contributed by atoms with van der Waals surface area (Å²) < 4.78 is 0. The number of rotatable bonds is 3. The quantitative estimate of drug-likeness (QED) is 0.765. The van der Waals surface area contributed by atoms with Gasteiger partial charge in [-0.3, -0.25) is 4.79 Å². The van der Waals surface area contributed by atoms with E-state index in [1.54, 1.807) is 0 Å². The molecule has 0 saturated carbocycles. The molecule has 1 fully saturated rings. The summed E-state index contributed by atoms with van der Waals surface area (Å²) in [5, 5.41) is 0.680. The molecule has 0 atom stereocenters. The average Bonchev–Trinajstić information content (AvgIpc) is 2.40. The number of hydrogen-bond acceptors (Lipinski definition) is 2. The molecular weight excluding hydrogens is 246 g/mol. The lowest BCUT2D eigenvalue weighted by molar-refractivity contribution is 0.112. The number of aldehydes is 1. The molecule has 2 rings (SSSR count). The highest BCUT2D eigenvalue weighted by Crippen LogP contribution is 2.38. The molecular formula is C15H20ClNO. The first-order valence-electron chi connectivity index (χ1n) is 6.58. The first-order chi connectivity index (χ1) is 8.59. The first kappa shape index (κ1) is 13.4. The van der Waals surface area contributed by atoms with E-state index in [2.05, 4.69) is 18.7 Å². The molecule has 1 aliphatic rings. The van der Waals surface area contributed by atoms with Crippen LogP contribution in [0.2, 0.25) is 5.02 Å². The van der Waals surface area contributed by atoms with Gasteiger partial charge in [0.2, 0.25) is 0 Å². The van der Waals surface area contributed by atoms with E-state index in [9.17, 15) is 4.79 Å². The van der Waals surface area contributed by atoms with Gasteiger partial charge in [-0.05, 0) is 30.4 Å². The fourth-order valence-corrected chi connectivity index (χ4v) is 2.89. The van der Waals surface area contributed by atoms with Crippen LogP contribution in [0, 0.1) is 5.41 Å². The van der Waals surface area contributed by atoms with E-state index < -0.39 is 0 Å². The van der Waals surface area contributed by atoms with Crippen molar-refractivity contribution in [1.29, 1.82) is 0 Å². The van der Waals surface area contributed by atoms with Crippen molar-refractivity contribution in [3.63, 3.8) is 0 Å². The smallest absolute Gasteiger partial charge is 0.152 e.